The van der Waals surface area contributed by atoms with Gasteiger partial charge < -0.3 is 14.8 Å². The molecule has 1 saturated heterocycles. The number of hydrogen-bond donors (Lipinski definition) is 1. The zero-order valence-electron chi connectivity index (χ0n) is 12.8. The Labute approximate surface area is 124 Å². The van der Waals surface area contributed by atoms with Crippen molar-refractivity contribution in [1.82, 2.24) is 5.32 Å². The molecule has 1 aromatic carbocycles. The normalized spacial score (nSPS) is 19.5. The van der Waals surface area contributed by atoms with Crippen molar-refractivity contribution in [3.63, 3.8) is 0 Å². The van der Waals surface area contributed by atoms with E-state index in [-0.39, 0.29) is 5.56 Å². The van der Waals surface area contributed by atoms with Crippen molar-refractivity contribution < 1.29 is 18.3 Å². The quantitative estimate of drug-likeness (QED) is 0.906. The topological polar surface area (TPSA) is 30.5 Å². The van der Waals surface area contributed by atoms with E-state index in [9.17, 15) is 8.78 Å². The van der Waals surface area contributed by atoms with Crippen LogP contribution in [-0.4, -0.2) is 32.5 Å². The van der Waals surface area contributed by atoms with Gasteiger partial charge in [0.2, 0.25) is 0 Å². The molecule has 0 radical (unpaired) electrons. The Morgan fingerprint density at radius 2 is 2.00 bits per heavy atom. The molecule has 1 heterocycles. The Morgan fingerprint density at radius 3 is 2.57 bits per heavy atom. The number of aryl methyl sites for hydroxylation is 1. The highest BCUT2D eigenvalue weighted by molar-refractivity contribution is 5.31. The summed E-state index contributed by atoms with van der Waals surface area (Å²) in [5.74, 6) is -1.04. The molecule has 118 valence electrons. The number of halogens is 2. The minimum absolute atomic E-state index is 0.0628. The molecular formula is C16H23F2NO2. The molecular weight excluding hydrogens is 276 g/mol. The molecule has 1 aliphatic heterocycles. The summed E-state index contributed by atoms with van der Waals surface area (Å²) < 4.78 is 40.1. The molecule has 1 unspecified atom stereocenters. The van der Waals surface area contributed by atoms with E-state index in [1.54, 1.807) is 14.0 Å². The Morgan fingerprint density at radius 1 is 1.33 bits per heavy atom. The largest absolute Gasteiger partial charge is 0.381 e. The van der Waals surface area contributed by atoms with Gasteiger partial charge in [-0.05, 0) is 32.5 Å². The van der Waals surface area contributed by atoms with Crippen molar-refractivity contribution >= 4 is 0 Å². The average molecular weight is 299 g/mol. The Bertz CT molecular complexity index is 482. The Kier molecular flexibility index (Phi) is 5.30. The third kappa shape index (κ3) is 3.10. The van der Waals surface area contributed by atoms with Crippen LogP contribution in [0.15, 0.2) is 12.1 Å². The Balaban J connectivity index is 2.48. The van der Waals surface area contributed by atoms with Crippen LogP contribution >= 0.6 is 0 Å². The van der Waals surface area contributed by atoms with Gasteiger partial charge in [0.25, 0.3) is 0 Å². The van der Waals surface area contributed by atoms with Crippen LogP contribution in [0.4, 0.5) is 8.78 Å². The van der Waals surface area contributed by atoms with Crippen LogP contribution in [0.5, 0.6) is 0 Å². The predicted octanol–water partition coefficient (Wildman–Crippen LogP) is 3.12. The first-order valence-corrected chi connectivity index (χ1v) is 7.39. The molecule has 3 nitrogen and oxygen atoms in total. The minimum atomic E-state index is -0.642. The maximum Gasteiger partial charge on any atom is 0.133 e. The van der Waals surface area contributed by atoms with Gasteiger partial charge in [0.05, 0.1) is 11.6 Å². The van der Waals surface area contributed by atoms with Crippen molar-refractivity contribution in [3.05, 3.63) is 34.9 Å². The van der Waals surface area contributed by atoms with Gasteiger partial charge in [0.1, 0.15) is 11.6 Å². The van der Waals surface area contributed by atoms with Gasteiger partial charge in [0.15, 0.2) is 0 Å². The Hall–Kier alpha value is -1.04. The van der Waals surface area contributed by atoms with Gasteiger partial charge in [-0.25, -0.2) is 8.78 Å². The molecule has 1 atom stereocenters. The third-order valence-corrected chi connectivity index (χ3v) is 4.19. The van der Waals surface area contributed by atoms with Crippen LogP contribution < -0.4 is 5.32 Å². The fourth-order valence-corrected chi connectivity index (χ4v) is 3.13. The van der Waals surface area contributed by atoms with Crippen molar-refractivity contribution in [2.45, 2.75) is 38.3 Å². The first-order valence-electron chi connectivity index (χ1n) is 7.39. The lowest BCUT2D eigenvalue weighted by Crippen LogP contribution is -2.49. The molecule has 1 N–H and O–H groups in total. The number of benzene rings is 1. The molecule has 1 fully saturated rings. The molecule has 5 heteroatoms. The molecule has 0 amide bonds. The van der Waals surface area contributed by atoms with Crippen molar-refractivity contribution in [2.75, 3.05) is 26.9 Å². The number of likely N-dealkylation sites (N-methyl/N-ethyl adjacent to an activating group) is 1. The lowest BCUT2D eigenvalue weighted by Gasteiger charge is -2.43. The van der Waals surface area contributed by atoms with E-state index >= 15 is 0 Å². The van der Waals surface area contributed by atoms with Gasteiger partial charge in [-0.1, -0.05) is 6.07 Å². The predicted molar refractivity (Wildman–Crippen MR) is 77.3 cm³/mol. The lowest BCUT2D eigenvalue weighted by atomic mass is 9.81. The van der Waals surface area contributed by atoms with Crippen molar-refractivity contribution in [1.29, 1.82) is 0 Å². The summed E-state index contributed by atoms with van der Waals surface area (Å²) >= 11 is 0. The summed E-state index contributed by atoms with van der Waals surface area (Å²) in [5, 5.41) is 3.06. The maximum atomic E-state index is 14.5. The van der Waals surface area contributed by atoms with Gasteiger partial charge in [-0.3, -0.25) is 0 Å². The van der Waals surface area contributed by atoms with E-state index in [0.717, 1.165) is 0 Å². The second-order valence-electron chi connectivity index (χ2n) is 5.42. The lowest BCUT2D eigenvalue weighted by molar-refractivity contribution is -0.128. The molecule has 21 heavy (non-hydrogen) atoms. The van der Waals surface area contributed by atoms with Crippen molar-refractivity contribution in [3.8, 4) is 0 Å². The highest BCUT2D eigenvalue weighted by atomic mass is 19.1. The first-order chi connectivity index (χ1) is 10.1. The van der Waals surface area contributed by atoms with Crippen LogP contribution in [-0.2, 0) is 9.47 Å². The third-order valence-electron chi connectivity index (χ3n) is 4.19. The summed E-state index contributed by atoms with van der Waals surface area (Å²) in [6.45, 7) is 5.10. The summed E-state index contributed by atoms with van der Waals surface area (Å²) in [6, 6.07) is 2.23. The number of hydrogen-bond acceptors (Lipinski definition) is 3. The zero-order valence-corrected chi connectivity index (χ0v) is 12.8. The molecule has 0 bridgehead atoms. The van der Waals surface area contributed by atoms with Crippen LogP contribution in [0.25, 0.3) is 0 Å². The molecule has 0 aliphatic carbocycles. The first kappa shape index (κ1) is 16.3. The fraction of sp³-hybridized carbons (Fsp3) is 0.625. The molecule has 0 aromatic heterocycles. The molecule has 2 rings (SSSR count). The summed E-state index contributed by atoms with van der Waals surface area (Å²) in [5.41, 5.74) is -0.143. The summed E-state index contributed by atoms with van der Waals surface area (Å²) in [6.07, 6.45) is 1.22. The van der Waals surface area contributed by atoms with E-state index in [1.165, 1.54) is 12.1 Å². The number of ether oxygens (including phenoxy) is 2. The van der Waals surface area contributed by atoms with E-state index in [4.69, 9.17) is 9.47 Å². The highest BCUT2D eigenvalue weighted by Crippen LogP contribution is 2.40. The van der Waals surface area contributed by atoms with Crippen LogP contribution in [0.2, 0.25) is 0 Å². The van der Waals surface area contributed by atoms with Crippen LogP contribution in [0, 0.1) is 18.6 Å². The molecule has 1 aromatic rings. The maximum absolute atomic E-state index is 14.5. The van der Waals surface area contributed by atoms with E-state index in [0.29, 0.717) is 38.2 Å². The fourth-order valence-electron chi connectivity index (χ4n) is 3.13. The standard InChI is InChI=1S/C16H23F2NO2/c1-4-21-16(7-9-20-10-8-16)15(19-3)13-12(17)6-5-11(2)14(13)18/h5-6,15,19H,4,7-10H2,1-3H3. The molecule has 1 aliphatic rings. The van der Waals surface area contributed by atoms with Gasteiger partial charge in [-0.2, -0.15) is 0 Å². The van der Waals surface area contributed by atoms with E-state index < -0.39 is 23.3 Å². The van der Waals surface area contributed by atoms with Gasteiger partial charge in [-0.15, -0.1) is 0 Å². The van der Waals surface area contributed by atoms with Crippen LogP contribution in [0.1, 0.15) is 36.9 Å². The summed E-state index contributed by atoms with van der Waals surface area (Å²) in [7, 11) is 1.71. The van der Waals surface area contributed by atoms with E-state index in [2.05, 4.69) is 5.32 Å². The zero-order chi connectivity index (χ0) is 15.5. The summed E-state index contributed by atoms with van der Waals surface area (Å²) in [4.78, 5) is 0. The van der Waals surface area contributed by atoms with Gasteiger partial charge >= 0.3 is 0 Å². The van der Waals surface area contributed by atoms with Crippen molar-refractivity contribution in [2.24, 2.45) is 0 Å². The molecule has 0 saturated carbocycles. The number of rotatable bonds is 5. The second-order valence-corrected chi connectivity index (χ2v) is 5.42. The van der Waals surface area contributed by atoms with Crippen LogP contribution in [0.3, 0.4) is 0 Å². The minimum Gasteiger partial charge on any atom is -0.381 e. The number of nitrogens with one attached hydrogen (secondary N) is 1. The van der Waals surface area contributed by atoms with Gasteiger partial charge in [0, 0.05) is 38.2 Å². The van der Waals surface area contributed by atoms with E-state index in [1.807, 2.05) is 6.92 Å². The highest BCUT2D eigenvalue weighted by Gasteiger charge is 2.43. The average Bonchev–Trinajstić information content (AvgIpc) is 2.49. The molecule has 0 spiro atoms. The smallest absolute Gasteiger partial charge is 0.133 e. The second kappa shape index (κ2) is 6.81. The monoisotopic (exact) mass is 299 g/mol. The SMILES string of the molecule is CCOC1(C(NC)c2c(F)ccc(C)c2F)CCOCC1.